The predicted molar refractivity (Wildman–Crippen MR) is 275 cm³/mol. The molecule has 1 aromatic carbocycles. The minimum absolute atomic E-state index is 0.0106. The number of carbonyl (C=O) groups excluding carboxylic acids is 7. The third kappa shape index (κ3) is 16.7. The second-order valence-electron chi connectivity index (χ2n) is 20.1. The molecule has 5 rings (SSSR count). The third-order valence-corrected chi connectivity index (χ3v) is 14.7. The molecular weight excluding hydrogens is 957 g/mol. The summed E-state index contributed by atoms with van der Waals surface area (Å²) in [5.41, 5.74) is 28.1. The largest absolute Gasteiger partial charge is 0.480 e. The molecule has 24 heteroatoms. The second kappa shape index (κ2) is 28.8. The number of aliphatic hydroxyl groups excluding tert-OH is 1. The number of carboxylic acid groups (broad SMARTS) is 1. The van der Waals surface area contributed by atoms with Gasteiger partial charge >= 0.3 is 5.97 Å². The minimum Gasteiger partial charge on any atom is -0.480 e. The normalized spacial score (nSPS) is 21.2. The number of benzene rings is 1. The number of nitrogens with two attached hydrogens (primary N) is 5. The number of carboxylic acids is 1. The number of nitrogens with zero attached hydrogens (tertiary/aromatic N) is 4. The fourth-order valence-electron chi connectivity index (χ4n) is 10.8. The Labute approximate surface area is 432 Å². The number of guanidine groups is 2. The van der Waals surface area contributed by atoms with Gasteiger partial charge in [0.25, 0.3) is 0 Å². The van der Waals surface area contributed by atoms with Crippen LogP contribution in [-0.4, -0.2) is 154 Å². The van der Waals surface area contributed by atoms with Crippen molar-refractivity contribution in [1.82, 2.24) is 36.4 Å². The van der Waals surface area contributed by atoms with Crippen LogP contribution in [0.1, 0.15) is 133 Å². The van der Waals surface area contributed by atoms with Crippen molar-refractivity contribution in [3.8, 4) is 0 Å². The number of hydrogen-bond acceptors (Lipinski definition) is 12. The third-order valence-electron chi connectivity index (χ3n) is 14.7. The lowest BCUT2D eigenvalue weighted by Crippen LogP contribution is -2.61. The van der Waals surface area contributed by atoms with Crippen molar-refractivity contribution in [2.45, 2.75) is 177 Å². The fraction of sp³-hybridized carbons (Fsp3) is 0.680. The molecule has 7 amide bonds. The number of likely N-dealkylation sites (tertiary alicyclic amines) is 1. The predicted octanol–water partition coefficient (Wildman–Crippen LogP) is -1.42. The zero-order chi connectivity index (χ0) is 53.8. The summed E-state index contributed by atoms with van der Waals surface area (Å²) >= 11 is 0. The first-order valence-electron chi connectivity index (χ1n) is 26.3. The lowest BCUT2D eigenvalue weighted by molar-refractivity contribution is -0.156. The van der Waals surface area contributed by atoms with Crippen LogP contribution in [0.2, 0.25) is 0 Å². The SMILES string of the molecule is NC(N)=NCCC[C@@H](N)C(=O)N[C@@H](CCCN=C(N)N)C(=O)NCCCC(=O)NC1(C(=O)NCCCC(=O)N[C@@H](CO)C(=O)N2Cc3ccccc3C[C@@H]2C(=O)N2C(C(=O)O)C[C@@H]3CCCC[C@@H]32)CCCCCC1. The second-order valence-corrected chi connectivity index (χ2v) is 20.1. The van der Waals surface area contributed by atoms with Gasteiger partial charge in [0.2, 0.25) is 41.4 Å². The molecule has 0 spiro atoms. The highest BCUT2D eigenvalue weighted by atomic mass is 16.4. The maximum Gasteiger partial charge on any atom is 0.326 e. The van der Waals surface area contributed by atoms with E-state index in [2.05, 4.69) is 36.6 Å². The average molecular weight is 1040 g/mol. The van der Waals surface area contributed by atoms with Gasteiger partial charge in [0.15, 0.2) is 11.9 Å². The number of hydrogen-bond donors (Lipinski definition) is 12. The van der Waals surface area contributed by atoms with Gasteiger partial charge in [0, 0.05) is 58.0 Å². The van der Waals surface area contributed by atoms with Crippen molar-refractivity contribution >= 4 is 59.2 Å². The van der Waals surface area contributed by atoms with Gasteiger partial charge in [-0.2, -0.15) is 0 Å². The van der Waals surface area contributed by atoms with E-state index in [4.69, 9.17) is 28.7 Å². The quantitative estimate of drug-likeness (QED) is 0.0219. The zero-order valence-electron chi connectivity index (χ0n) is 42.6. The standard InChI is InChI=1S/C50H80N14O10/c51-34(16-9-25-58-48(52)53)42(68)61-35(17-10-26-59-49(54)55)43(69)56-23-12-20-41(67)62-50(21-7-1-2-8-22-50)47(74)57-24-11-19-40(66)60-36(30-65)44(70)63-29-33-15-4-3-13-31(33)27-38(63)45(71)64-37-18-6-5-14-32(37)28-39(64)46(72)73/h3-4,13,15,32,34-39,65H,1-2,5-12,14,16-30,51H2,(H,56,69)(H,57,74)(H,60,66)(H,61,68)(H,62,67)(H,72,73)(H4,52,53,58)(H4,54,55,59)/t32-,34+,35-,36-,37-,38+,39?/m0/s1. The van der Waals surface area contributed by atoms with Crippen LogP contribution in [0, 0.1) is 5.92 Å². The van der Waals surface area contributed by atoms with Gasteiger partial charge in [-0.25, -0.2) is 4.79 Å². The van der Waals surface area contributed by atoms with Crippen molar-refractivity contribution in [3.63, 3.8) is 0 Å². The molecule has 1 unspecified atom stereocenters. The summed E-state index contributed by atoms with van der Waals surface area (Å²) in [7, 11) is 0. The van der Waals surface area contributed by atoms with Gasteiger partial charge in [-0.05, 0) is 87.7 Å². The van der Waals surface area contributed by atoms with Crippen LogP contribution in [0.3, 0.4) is 0 Å². The lowest BCUT2D eigenvalue weighted by Gasteiger charge is -2.42. The molecule has 2 heterocycles. The zero-order valence-corrected chi connectivity index (χ0v) is 42.6. The van der Waals surface area contributed by atoms with E-state index in [-0.39, 0.29) is 113 Å². The van der Waals surface area contributed by atoms with E-state index in [9.17, 15) is 48.6 Å². The monoisotopic (exact) mass is 1040 g/mol. The molecule has 0 radical (unpaired) electrons. The molecule has 17 N–H and O–H groups in total. The highest BCUT2D eigenvalue weighted by Gasteiger charge is 2.51. The maximum absolute atomic E-state index is 14.5. The van der Waals surface area contributed by atoms with Gasteiger partial charge < -0.3 is 75.3 Å². The molecule has 0 aromatic heterocycles. The number of rotatable bonds is 26. The molecule has 1 aromatic rings. The summed E-state index contributed by atoms with van der Waals surface area (Å²) in [5, 5.41) is 34.6. The first-order valence-corrected chi connectivity index (χ1v) is 26.3. The molecule has 2 aliphatic heterocycles. The van der Waals surface area contributed by atoms with Crippen LogP contribution in [0.5, 0.6) is 0 Å². The molecule has 74 heavy (non-hydrogen) atoms. The smallest absolute Gasteiger partial charge is 0.326 e. The lowest BCUT2D eigenvalue weighted by atomic mass is 9.84. The van der Waals surface area contributed by atoms with E-state index < -0.39 is 77.9 Å². The first-order chi connectivity index (χ1) is 35.4. The number of aliphatic hydroxyl groups is 1. The van der Waals surface area contributed by atoms with Gasteiger partial charge in [-0.3, -0.25) is 43.5 Å². The molecule has 7 atom stereocenters. The number of carbonyl (C=O) groups is 8. The van der Waals surface area contributed by atoms with Crippen LogP contribution >= 0.6 is 0 Å². The minimum atomic E-state index is -1.39. The topological polar surface area (TPSA) is 398 Å². The highest BCUT2D eigenvalue weighted by molar-refractivity contribution is 5.95. The summed E-state index contributed by atoms with van der Waals surface area (Å²) in [6.07, 6.45) is 9.42. The van der Waals surface area contributed by atoms with Crippen LogP contribution in [0.4, 0.5) is 0 Å². The Morgan fingerprint density at radius 3 is 1.99 bits per heavy atom. The van der Waals surface area contributed by atoms with Gasteiger partial charge in [0.05, 0.1) is 12.6 Å². The Morgan fingerprint density at radius 2 is 1.34 bits per heavy atom. The molecule has 0 bridgehead atoms. The van der Waals surface area contributed by atoms with Crippen molar-refractivity contribution in [2.75, 3.05) is 32.8 Å². The number of aliphatic carboxylic acids is 1. The summed E-state index contributed by atoms with van der Waals surface area (Å²) in [6.45, 7) is -0.0331. The van der Waals surface area contributed by atoms with Crippen LogP contribution in [0.25, 0.3) is 0 Å². The molecule has 2 aliphatic carbocycles. The van der Waals surface area contributed by atoms with Crippen LogP contribution < -0.4 is 55.3 Å². The first kappa shape index (κ1) is 58.3. The number of fused-ring (bicyclic) bond motifs is 2. The Kier molecular flexibility index (Phi) is 22.7. The molecule has 2 saturated carbocycles. The number of nitrogens with one attached hydrogen (secondary N) is 5. The molecule has 410 valence electrons. The van der Waals surface area contributed by atoms with E-state index in [0.29, 0.717) is 51.4 Å². The number of aliphatic imine (C=N–C) groups is 2. The van der Waals surface area contributed by atoms with Crippen LogP contribution in [-0.2, 0) is 51.3 Å². The van der Waals surface area contributed by atoms with E-state index in [1.54, 1.807) is 0 Å². The van der Waals surface area contributed by atoms with Gasteiger partial charge in [-0.1, -0.05) is 62.8 Å². The molecular formula is C50H80N14O10. The Morgan fingerprint density at radius 1 is 0.716 bits per heavy atom. The summed E-state index contributed by atoms with van der Waals surface area (Å²) in [4.78, 5) is 119. The summed E-state index contributed by atoms with van der Waals surface area (Å²) in [5.74, 6) is -4.66. The summed E-state index contributed by atoms with van der Waals surface area (Å²) < 4.78 is 0. The highest BCUT2D eigenvalue weighted by Crippen LogP contribution is 2.41. The Hall–Kier alpha value is -6.56. The molecule has 3 fully saturated rings. The van der Waals surface area contributed by atoms with E-state index >= 15 is 0 Å². The fourth-order valence-corrected chi connectivity index (χ4v) is 10.8. The van der Waals surface area contributed by atoms with Crippen molar-refractivity contribution in [3.05, 3.63) is 35.4 Å². The van der Waals surface area contributed by atoms with E-state index in [1.165, 1.54) is 9.80 Å². The maximum atomic E-state index is 14.5. The number of amides is 7. The molecule has 1 saturated heterocycles. The Balaban J connectivity index is 1.11. The Bertz CT molecular complexity index is 2180. The van der Waals surface area contributed by atoms with Gasteiger partial charge in [0.1, 0.15) is 29.7 Å². The van der Waals surface area contributed by atoms with Crippen LogP contribution in [0.15, 0.2) is 34.3 Å². The van der Waals surface area contributed by atoms with Crippen molar-refractivity contribution in [2.24, 2.45) is 44.6 Å². The summed E-state index contributed by atoms with van der Waals surface area (Å²) in [6, 6.07) is 1.84. The van der Waals surface area contributed by atoms with Crippen molar-refractivity contribution < 1.29 is 48.6 Å². The van der Waals surface area contributed by atoms with Gasteiger partial charge in [-0.15, -0.1) is 0 Å². The van der Waals surface area contributed by atoms with E-state index in [1.807, 2.05) is 24.3 Å². The molecule has 4 aliphatic rings. The average Bonchev–Trinajstić information content (AvgIpc) is 3.62. The van der Waals surface area contributed by atoms with E-state index in [0.717, 1.165) is 43.2 Å². The van der Waals surface area contributed by atoms with Crippen molar-refractivity contribution in [1.29, 1.82) is 0 Å². The molecule has 24 nitrogen and oxygen atoms in total.